The van der Waals surface area contributed by atoms with E-state index in [9.17, 15) is 9.59 Å². The van der Waals surface area contributed by atoms with E-state index in [0.29, 0.717) is 25.3 Å². The largest absolute Gasteiger partial charge is 0.497 e. The van der Waals surface area contributed by atoms with Crippen LogP contribution in [0.4, 0.5) is 5.69 Å². The van der Waals surface area contributed by atoms with Crippen LogP contribution in [0, 0.1) is 11.8 Å². The summed E-state index contributed by atoms with van der Waals surface area (Å²) in [6.45, 7) is 0.889. The third-order valence-electron chi connectivity index (χ3n) is 4.34. The number of amides is 1. The smallest absolute Gasteiger partial charge is 0.307 e. The van der Waals surface area contributed by atoms with Crippen LogP contribution in [0.25, 0.3) is 0 Å². The number of rotatable bonds is 8. The minimum atomic E-state index is -0.911. The number of nitrogens with one attached hydrogen (secondary N) is 1. The number of benzene rings is 2. The van der Waals surface area contributed by atoms with Crippen molar-refractivity contribution in [2.75, 3.05) is 12.4 Å². The molecule has 0 heterocycles. The van der Waals surface area contributed by atoms with Crippen LogP contribution in [-0.4, -0.2) is 24.1 Å². The lowest BCUT2D eigenvalue weighted by Gasteiger charge is -2.09. The van der Waals surface area contributed by atoms with Crippen LogP contribution >= 0.6 is 0 Å². The van der Waals surface area contributed by atoms with Gasteiger partial charge in [0.25, 0.3) is 0 Å². The van der Waals surface area contributed by atoms with Crippen LogP contribution in [0.3, 0.4) is 0 Å². The maximum Gasteiger partial charge on any atom is 0.307 e. The van der Waals surface area contributed by atoms with Gasteiger partial charge in [0.05, 0.1) is 32.2 Å². The van der Waals surface area contributed by atoms with E-state index in [1.807, 2.05) is 42.5 Å². The first kappa shape index (κ1) is 17.9. The molecule has 0 aliphatic heterocycles. The summed E-state index contributed by atoms with van der Waals surface area (Å²) < 4.78 is 10.8. The summed E-state index contributed by atoms with van der Waals surface area (Å²) in [7, 11) is 1.63. The molecule has 0 saturated heterocycles. The highest BCUT2D eigenvalue weighted by atomic mass is 16.5. The molecule has 136 valence electrons. The molecule has 2 unspecified atom stereocenters. The van der Waals surface area contributed by atoms with Crippen LogP contribution in [0.1, 0.15) is 17.5 Å². The normalized spacial score (nSPS) is 18.2. The predicted octanol–water partition coefficient (Wildman–Crippen LogP) is 3.07. The second-order valence-electron chi connectivity index (χ2n) is 6.32. The zero-order valence-corrected chi connectivity index (χ0v) is 14.5. The van der Waals surface area contributed by atoms with Crippen molar-refractivity contribution in [2.45, 2.75) is 19.6 Å². The molecule has 2 atom stereocenters. The molecule has 3 rings (SSSR count). The summed E-state index contributed by atoms with van der Waals surface area (Å²) in [5.41, 5.74) is 2.63. The fourth-order valence-corrected chi connectivity index (χ4v) is 2.74. The van der Waals surface area contributed by atoms with Gasteiger partial charge in [-0.2, -0.15) is 0 Å². The summed E-state index contributed by atoms with van der Waals surface area (Å²) >= 11 is 0. The Morgan fingerprint density at radius 2 is 1.81 bits per heavy atom. The third-order valence-corrected chi connectivity index (χ3v) is 4.34. The zero-order valence-electron chi connectivity index (χ0n) is 14.5. The van der Waals surface area contributed by atoms with Crippen molar-refractivity contribution in [1.82, 2.24) is 0 Å². The average molecular weight is 355 g/mol. The molecular weight excluding hydrogens is 334 g/mol. The fraction of sp³-hybridized carbons (Fsp3) is 0.300. The van der Waals surface area contributed by atoms with Gasteiger partial charge < -0.3 is 19.9 Å². The van der Waals surface area contributed by atoms with Crippen molar-refractivity contribution in [1.29, 1.82) is 0 Å². The molecule has 0 bridgehead atoms. The van der Waals surface area contributed by atoms with E-state index < -0.39 is 17.8 Å². The summed E-state index contributed by atoms with van der Waals surface area (Å²) in [5, 5.41) is 11.7. The van der Waals surface area contributed by atoms with Crippen LogP contribution in [0.15, 0.2) is 48.5 Å². The zero-order chi connectivity index (χ0) is 18.5. The quantitative estimate of drug-likeness (QED) is 0.760. The minimum absolute atomic E-state index is 0.242. The molecule has 6 nitrogen and oxygen atoms in total. The number of aliphatic carboxylic acids is 1. The Balaban J connectivity index is 1.49. The van der Waals surface area contributed by atoms with E-state index in [-0.39, 0.29) is 5.91 Å². The van der Waals surface area contributed by atoms with E-state index >= 15 is 0 Å². The van der Waals surface area contributed by atoms with Gasteiger partial charge in [-0.3, -0.25) is 9.59 Å². The molecule has 2 N–H and O–H groups in total. The number of methoxy groups -OCH3 is 1. The first-order valence-corrected chi connectivity index (χ1v) is 8.40. The van der Waals surface area contributed by atoms with Gasteiger partial charge in [0, 0.05) is 5.69 Å². The molecule has 1 fully saturated rings. The number of carbonyl (C=O) groups excluding carboxylic acids is 1. The van der Waals surface area contributed by atoms with Gasteiger partial charge in [-0.25, -0.2) is 0 Å². The van der Waals surface area contributed by atoms with Gasteiger partial charge in [-0.15, -0.1) is 0 Å². The van der Waals surface area contributed by atoms with Crippen molar-refractivity contribution in [3.63, 3.8) is 0 Å². The number of carboxylic acid groups (broad SMARTS) is 1. The average Bonchev–Trinajstić information content (AvgIpc) is 3.44. The standard InChI is InChI=1S/C20H21NO5/c1-25-16-7-5-13(6-8-16)11-26-12-14-3-2-4-15(9-14)21-19(22)17-10-18(17)20(23)24/h2-9,17-18H,10-12H2,1H3,(H,21,22)(H,23,24). The Hall–Kier alpha value is -2.86. The van der Waals surface area contributed by atoms with Crippen molar-refractivity contribution >= 4 is 17.6 Å². The van der Waals surface area contributed by atoms with Gasteiger partial charge in [-0.05, 0) is 41.8 Å². The van der Waals surface area contributed by atoms with Gasteiger partial charge in [0.15, 0.2) is 0 Å². The second kappa shape index (κ2) is 8.01. The maximum atomic E-state index is 12.0. The number of hydrogen-bond donors (Lipinski definition) is 2. The fourth-order valence-electron chi connectivity index (χ4n) is 2.74. The van der Waals surface area contributed by atoms with Gasteiger partial charge in [-0.1, -0.05) is 24.3 Å². The van der Waals surface area contributed by atoms with E-state index in [1.165, 1.54) is 0 Å². The molecule has 2 aromatic carbocycles. The second-order valence-corrected chi connectivity index (χ2v) is 6.32. The van der Waals surface area contributed by atoms with Crippen LogP contribution in [0.5, 0.6) is 5.75 Å². The Morgan fingerprint density at radius 3 is 2.46 bits per heavy atom. The lowest BCUT2D eigenvalue weighted by Crippen LogP contribution is -2.16. The lowest BCUT2D eigenvalue weighted by atomic mass is 10.2. The van der Waals surface area contributed by atoms with Gasteiger partial charge in [0.2, 0.25) is 5.91 Å². The Morgan fingerprint density at radius 1 is 1.08 bits per heavy atom. The third kappa shape index (κ3) is 4.61. The van der Waals surface area contributed by atoms with Crippen molar-refractivity contribution in [3.8, 4) is 5.75 Å². The van der Waals surface area contributed by atoms with Gasteiger partial charge in [0.1, 0.15) is 5.75 Å². The SMILES string of the molecule is COc1ccc(COCc2cccc(NC(=O)C3CC3C(=O)O)c2)cc1. The molecule has 1 aliphatic rings. The minimum Gasteiger partial charge on any atom is -0.497 e. The highest BCUT2D eigenvalue weighted by molar-refractivity contribution is 5.98. The summed E-state index contributed by atoms with van der Waals surface area (Å²) in [5.74, 6) is -1.33. The molecule has 1 saturated carbocycles. The molecule has 0 aromatic heterocycles. The Labute approximate surface area is 151 Å². The lowest BCUT2D eigenvalue weighted by molar-refractivity contribution is -0.139. The summed E-state index contributed by atoms with van der Waals surface area (Å²) in [4.78, 5) is 22.9. The topological polar surface area (TPSA) is 84.9 Å². The van der Waals surface area contributed by atoms with Crippen molar-refractivity contribution in [2.24, 2.45) is 11.8 Å². The molecular formula is C20H21NO5. The first-order valence-electron chi connectivity index (χ1n) is 8.40. The molecule has 26 heavy (non-hydrogen) atoms. The van der Waals surface area contributed by atoms with E-state index in [4.69, 9.17) is 14.6 Å². The Kier molecular flexibility index (Phi) is 5.53. The molecule has 2 aromatic rings. The van der Waals surface area contributed by atoms with E-state index in [1.54, 1.807) is 13.2 Å². The van der Waals surface area contributed by atoms with E-state index in [0.717, 1.165) is 16.9 Å². The van der Waals surface area contributed by atoms with Crippen LogP contribution in [0.2, 0.25) is 0 Å². The summed E-state index contributed by atoms with van der Waals surface area (Å²) in [6.07, 6.45) is 0.409. The summed E-state index contributed by atoms with van der Waals surface area (Å²) in [6, 6.07) is 15.0. The maximum absolute atomic E-state index is 12.0. The number of hydrogen-bond acceptors (Lipinski definition) is 4. The molecule has 1 amide bonds. The Bertz CT molecular complexity index is 787. The monoisotopic (exact) mass is 355 g/mol. The van der Waals surface area contributed by atoms with E-state index in [2.05, 4.69) is 5.32 Å². The van der Waals surface area contributed by atoms with Crippen LogP contribution < -0.4 is 10.1 Å². The van der Waals surface area contributed by atoms with Crippen molar-refractivity contribution in [3.05, 3.63) is 59.7 Å². The highest BCUT2D eigenvalue weighted by Crippen LogP contribution is 2.39. The molecule has 0 spiro atoms. The number of anilines is 1. The molecule has 6 heteroatoms. The molecule has 1 aliphatic carbocycles. The number of carbonyl (C=O) groups is 2. The predicted molar refractivity (Wildman–Crippen MR) is 95.8 cm³/mol. The number of ether oxygens (including phenoxy) is 2. The first-order chi connectivity index (χ1) is 12.6. The number of carboxylic acids is 1. The molecule has 0 radical (unpaired) electrons. The van der Waals surface area contributed by atoms with Crippen LogP contribution in [-0.2, 0) is 27.5 Å². The highest BCUT2D eigenvalue weighted by Gasteiger charge is 2.48. The van der Waals surface area contributed by atoms with Crippen molar-refractivity contribution < 1.29 is 24.2 Å². The van der Waals surface area contributed by atoms with Gasteiger partial charge >= 0.3 is 5.97 Å².